The Bertz CT molecular complexity index is 556. The lowest BCUT2D eigenvalue weighted by Gasteiger charge is -2.10. The second-order valence-electron chi connectivity index (χ2n) is 4.38. The second kappa shape index (κ2) is 4.93. The average Bonchev–Trinajstić information content (AvgIpc) is 2.67. The zero-order chi connectivity index (χ0) is 13.2. The molecule has 2 N–H and O–H groups in total. The van der Waals surface area contributed by atoms with Crippen molar-refractivity contribution in [1.29, 1.82) is 0 Å². The van der Waals surface area contributed by atoms with Gasteiger partial charge in [-0.3, -0.25) is 0 Å². The van der Waals surface area contributed by atoms with Crippen LogP contribution < -0.4 is 5.32 Å². The maximum absolute atomic E-state index is 11.3. The van der Waals surface area contributed by atoms with Crippen molar-refractivity contribution in [3.05, 3.63) is 23.9 Å². The van der Waals surface area contributed by atoms with Gasteiger partial charge >= 0.3 is 5.97 Å². The molecule has 0 radical (unpaired) electrons. The van der Waals surface area contributed by atoms with E-state index in [0.29, 0.717) is 18.8 Å². The summed E-state index contributed by atoms with van der Waals surface area (Å²) in [6.07, 6.45) is 2.06. The van der Waals surface area contributed by atoms with E-state index >= 15 is 0 Å². The lowest BCUT2D eigenvalue weighted by Crippen LogP contribution is -2.16. The molecule has 98 valence electrons. The van der Waals surface area contributed by atoms with Crippen LogP contribution in [0.3, 0.4) is 0 Å². The SMILES string of the molecule is O=C(O)c1ccnc(NCC2CCS(=O)(=O)C2)c1. The number of carbonyl (C=O) groups is 1. The van der Waals surface area contributed by atoms with E-state index in [4.69, 9.17) is 5.11 Å². The molecule has 0 saturated carbocycles. The van der Waals surface area contributed by atoms with Gasteiger partial charge in [0.15, 0.2) is 9.84 Å². The van der Waals surface area contributed by atoms with E-state index in [1.807, 2.05) is 0 Å². The van der Waals surface area contributed by atoms with Crippen LogP contribution in [0.5, 0.6) is 0 Å². The van der Waals surface area contributed by atoms with Crippen molar-refractivity contribution >= 4 is 21.6 Å². The third-order valence-electron chi connectivity index (χ3n) is 2.91. The van der Waals surface area contributed by atoms with Crippen LogP contribution in [0, 0.1) is 5.92 Å². The summed E-state index contributed by atoms with van der Waals surface area (Å²) in [5, 5.41) is 11.8. The van der Waals surface area contributed by atoms with Crippen molar-refractivity contribution in [3.8, 4) is 0 Å². The summed E-state index contributed by atoms with van der Waals surface area (Å²) >= 11 is 0. The predicted octanol–water partition coefficient (Wildman–Crippen LogP) is 0.626. The fourth-order valence-corrected chi connectivity index (χ4v) is 3.80. The van der Waals surface area contributed by atoms with Crippen LogP contribution in [-0.2, 0) is 9.84 Å². The number of nitrogens with one attached hydrogen (secondary N) is 1. The first-order valence-electron chi connectivity index (χ1n) is 5.60. The van der Waals surface area contributed by atoms with Crippen molar-refractivity contribution in [2.75, 3.05) is 23.4 Å². The Hall–Kier alpha value is -1.63. The lowest BCUT2D eigenvalue weighted by molar-refractivity contribution is 0.0697. The van der Waals surface area contributed by atoms with E-state index in [1.54, 1.807) is 0 Å². The molecule has 1 unspecified atom stereocenters. The minimum Gasteiger partial charge on any atom is -0.478 e. The number of anilines is 1. The molecule has 1 atom stereocenters. The fourth-order valence-electron chi connectivity index (χ4n) is 1.94. The Morgan fingerprint density at radius 3 is 2.94 bits per heavy atom. The molecule has 1 saturated heterocycles. The summed E-state index contributed by atoms with van der Waals surface area (Å²) in [5.41, 5.74) is 0.159. The van der Waals surface area contributed by atoms with Crippen molar-refractivity contribution in [2.24, 2.45) is 5.92 Å². The summed E-state index contributed by atoms with van der Waals surface area (Å²) in [7, 11) is -2.88. The molecule has 0 bridgehead atoms. The summed E-state index contributed by atoms with van der Waals surface area (Å²) in [6.45, 7) is 0.495. The minimum absolute atomic E-state index is 0.0743. The van der Waals surface area contributed by atoms with Gasteiger partial charge in [-0.25, -0.2) is 18.2 Å². The van der Waals surface area contributed by atoms with Crippen LogP contribution in [0.15, 0.2) is 18.3 Å². The molecule has 2 rings (SSSR count). The van der Waals surface area contributed by atoms with Gasteiger partial charge in [0.1, 0.15) is 5.82 Å². The number of hydrogen-bond donors (Lipinski definition) is 2. The Kier molecular flexibility index (Phi) is 3.51. The number of rotatable bonds is 4. The molecule has 1 aromatic rings. The summed E-state index contributed by atoms with van der Waals surface area (Å²) in [4.78, 5) is 14.8. The first-order valence-corrected chi connectivity index (χ1v) is 7.42. The van der Waals surface area contributed by atoms with E-state index in [1.165, 1.54) is 18.3 Å². The fraction of sp³-hybridized carbons (Fsp3) is 0.455. The molecular weight excluding hydrogens is 256 g/mol. The smallest absolute Gasteiger partial charge is 0.335 e. The summed E-state index contributed by atoms with van der Waals surface area (Å²) in [6, 6.07) is 2.85. The van der Waals surface area contributed by atoms with Crippen LogP contribution in [0.2, 0.25) is 0 Å². The van der Waals surface area contributed by atoms with Gasteiger partial charge in [0.05, 0.1) is 17.1 Å². The molecule has 1 aliphatic rings. The zero-order valence-electron chi connectivity index (χ0n) is 9.67. The van der Waals surface area contributed by atoms with Crippen LogP contribution in [-0.4, -0.2) is 42.5 Å². The van der Waals surface area contributed by atoms with Crippen molar-refractivity contribution in [3.63, 3.8) is 0 Å². The Morgan fingerprint density at radius 2 is 2.33 bits per heavy atom. The quantitative estimate of drug-likeness (QED) is 0.833. The Labute approximate surface area is 105 Å². The average molecular weight is 270 g/mol. The number of nitrogens with zero attached hydrogens (tertiary/aromatic N) is 1. The third kappa shape index (κ3) is 3.19. The maximum atomic E-state index is 11.3. The molecule has 0 spiro atoms. The number of carboxylic acid groups (broad SMARTS) is 1. The standard InChI is InChI=1S/C11H14N2O4S/c14-11(15)9-1-3-12-10(5-9)13-6-8-2-4-18(16,17)7-8/h1,3,5,8H,2,4,6-7H2,(H,12,13)(H,14,15). The molecule has 6 nitrogen and oxygen atoms in total. The van der Waals surface area contributed by atoms with Gasteiger partial charge in [-0.15, -0.1) is 0 Å². The third-order valence-corrected chi connectivity index (χ3v) is 4.74. The molecule has 7 heteroatoms. The molecule has 2 heterocycles. The summed E-state index contributed by atoms with van der Waals surface area (Å²) in [5.74, 6) is -0.0472. The van der Waals surface area contributed by atoms with Gasteiger partial charge in [-0.05, 0) is 24.5 Å². The van der Waals surface area contributed by atoms with E-state index < -0.39 is 15.8 Å². The number of sulfone groups is 1. The highest BCUT2D eigenvalue weighted by molar-refractivity contribution is 7.91. The maximum Gasteiger partial charge on any atom is 0.335 e. The van der Waals surface area contributed by atoms with Crippen molar-refractivity contribution < 1.29 is 18.3 Å². The Morgan fingerprint density at radius 1 is 1.56 bits per heavy atom. The second-order valence-corrected chi connectivity index (χ2v) is 6.61. The highest BCUT2D eigenvalue weighted by atomic mass is 32.2. The van der Waals surface area contributed by atoms with Gasteiger partial charge in [-0.2, -0.15) is 0 Å². The van der Waals surface area contributed by atoms with Crippen LogP contribution in [0.1, 0.15) is 16.8 Å². The molecule has 0 amide bonds. The highest BCUT2D eigenvalue weighted by Crippen LogP contribution is 2.19. The highest BCUT2D eigenvalue weighted by Gasteiger charge is 2.27. The molecule has 1 aliphatic heterocycles. The van der Waals surface area contributed by atoms with E-state index in [0.717, 1.165) is 0 Å². The van der Waals surface area contributed by atoms with E-state index in [2.05, 4.69) is 10.3 Å². The first kappa shape index (κ1) is 12.8. The lowest BCUT2D eigenvalue weighted by atomic mass is 10.1. The van der Waals surface area contributed by atoms with Crippen LogP contribution in [0.4, 0.5) is 5.82 Å². The first-order chi connectivity index (χ1) is 8.46. The number of hydrogen-bond acceptors (Lipinski definition) is 5. The molecule has 0 aliphatic carbocycles. The van der Waals surface area contributed by atoms with Gasteiger partial charge < -0.3 is 10.4 Å². The van der Waals surface area contributed by atoms with Crippen molar-refractivity contribution in [2.45, 2.75) is 6.42 Å². The van der Waals surface area contributed by atoms with E-state index in [9.17, 15) is 13.2 Å². The molecule has 1 fully saturated rings. The normalized spacial score (nSPS) is 21.7. The van der Waals surface area contributed by atoms with E-state index in [-0.39, 0.29) is 23.0 Å². The number of carboxylic acids is 1. The minimum atomic E-state index is -2.88. The molecular formula is C11H14N2O4S. The number of aromatic nitrogens is 1. The predicted molar refractivity (Wildman–Crippen MR) is 66.4 cm³/mol. The van der Waals surface area contributed by atoms with Gasteiger partial charge in [0.25, 0.3) is 0 Å². The molecule has 18 heavy (non-hydrogen) atoms. The topological polar surface area (TPSA) is 96.4 Å². The van der Waals surface area contributed by atoms with Crippen LogP contribution >= 0.6 is 0 Å². The molecule has 1 aromatic heterocycles. The van der Waals surface area contributed by atoms with Gasteiger partial charge in [0, 0.05) is 12.7 Å². The van der Waals surface area contributed by atoms with Gasteiger partial charge in [0.2, 0.25) is 0 Å². The summed E-state index contributed by atoms with van der Waals surface area (Å²) < 4.78 is 22.5. The monoisotopic (exact) mass is 270 g/mol. The van der Waals surface area contributed by atoms with Gasteiger partial charge in [-0.1, -0.05) is 0 Å². The van der Waals surface area contributed by atoms with Crippen LogP contribution in [0.25, 0.3) is 0 Å². The molecule has 0 aromatic carbocycles. The largest absolute Gasteiger partial charge is 0.478 e. The number of pyridine rings is 1. The Balaban J connectivity index is 1.95. The zero-order valence-corrected chi connectivity index (χ0v) is 10.5. The van der Waals surface area contributed by atoms with Crippen molar-refractivity contribution in [1.82, 2.24) is 4.98 Å². The number of aromatic carboxylic acids is 1.